The first-order chi connectivity index (χ1) is 37.0. The summed E-state index contributed by atoms with van der Waals surface area (Å²) in [6.45, 7) is 6.57. The molecule has 1 unspecified atom stereocenters. The van der Waals surface area contributed by atoms with Crippen molar-refractivity contribution in [2.75, 3.05) is 13.2 Å². The molecule has 0 saturated carbocycles. The first kappa shape index (κ1) is 72.4. The number of esters is 3. The number of carbonyl (C=O) groups excluding carboxylic acids is 3. The second kappa shape index (κ2) is 63.9. The van der Waals surface area contributed by atoms with Gasteiger partial charge in [-0.15, -0.1) is 0 Å². The summed E-state index contributed by atoms with van der Waals surface area (Å²) >= 11 is 0. The van der Waals surface area contributed by atoms with E-state index in [9.17, 15) is 14.4 Å². The molecule has 0 aliphatic carbocycles. The van der Waals surface area contributed by atoms with Gasteiger partial charge in [0.1, 0.15) is 13.2 Å². The van der Waals surface area contributed by atoms with Crippen LogP contribution in [0.1, 0.15) is 355 Å². The second-order valence-corrected chi connectivity index (χ2v) is 22.4. The van der Waals surface area contributed by atoms with E-state index in [2.05, 4.69) is 69.4 Å². The summed E-state index contributed by atoms with van der Waals surface area (Å²) in [5, 5.41) is 0. The zero-order valence-electron chi connectivity index (χ0n) is 50.3. The number of unbranched alkanes of at least 4 members (excludes halogenated alkanes) is 42. The SMILES string of the molecule is CC/C=C\C/C=C\C/C=C\CCCCCCCCCC(=O)OC(COC(=O)CCCCCCC/C=C\CCCCCCCC)COC(=O)CCCCCCCCCCCCCCCCCCCCCCCCCCC. The molecule has 0 aliphatic heterocycles. The van der Waals surface area contributed by atoms with Crippen LogP contribution in [-0.4, -0.2) is 37.2 Å². The van der Waals surface area contributed by atoms with Gasteiger partial charge in [-0.3, -0.25) is 14.4 Å². The van der Waals surface area contributed by atoms with Gasteiger partial charge in [0, 0.05) is 19.3 Å². The summed E-state index contributed by atoms with van der Waals surface area (Å²) in [6, 6.07) is 0. The lowest BCUT2D eigenvalue weighted by molar-refractivity contribution is -0.167. The minimum Gasteiger partial charge on any atom is -0.462 e. The second-order valence-electron chi connectivity index (χ2n) is 22.4. The lowest BCUT2D eigenvalue weighted by Gasteiger charge is -2.18. The van der Waals surface area contributed by atoms with Crippen LogP contribution in [0.5, 0.6) is 0 Å². The molecule has 0 aromatic heterocycles. The average molecular weight is 1050 g/mol. The largest absolute Gasteiger partial charge is 0.462 e. The Hall–Kier alpha value is -2.63. The van der Waals surface area contributed by atoms with Crippen molar-refractivity contribution in [1.29, 1.82) is 0 Å². The standard InChI is InChI=1S/C69H126O6/c1-4-7-10-13-16-19-22-25-28-30-31-32-33-34-35-36-37-39-41-44-47-50-53-56-59-62-68(71)74-65-66(64-73-67(70)61-58-55-52-49-46-43-40-27-24-21-18-15-12-9-6-3)75-69(72)63-60-57-54-51-48-45-42-38-29-26-23-20-17-14-11-8-5-2/h8,11,17,20,26-27,29,40,66H,4-7,9-10,12-16,18-19,21-25,28,30-39,41-65H2,1-3H3/b11-8-,20-17-,29-26-,40-27-. The average Bonchev–Trinajstić information content (AvgIpc) is 3.41. The first-order valence-electron chi connectivity index (χ1n) is 33.1. The first-order valence-corrected chi connectivity index (χ1v) is 33.1. The fourth-order valence-electron chi connectivity index (χ4n) is 9.87. The molecular weight excluding hydrogens is 925 g/mol. The number of hydrogen-bond acceptors (Lipinski definition) is 6. The van der Waals surface area contributed by atoms with Gasteiger partial charge in [-0.1, -0.05) is 307 Å². The van der Waals surface area contributed by atoms with E-state index in [4.69, 9.17) is 14.2 Å². The molecule has 1 atom stereocenters. The summed E-state index contributed by atoms with van der Waals surface area (Å²) < 4.78 is 16.9. The van der Waals surface area contributed by atoms with Crippen LogP contribution in [0.25, 0.3) is 0 Å². The minimum atomic E-state index is -0.781. The normalized spacial score (nSPS) is 12.3. The summed E-state index contributed by atoms with van der Waals surface area (Å²) in [7, 11) is 0. The molecule has 0 fully saturated rings. The van der Waals surface area contributed by atoms with Crippen molar-refractivity contribution >= 4 is 17.9 Å². The molecular formula is C69H126O6. The Morgan fingerprint density at radius 1 is 0.280 bits per heavy atom. The van der Waals surface area contributed by atoms with Gasteiger partial charge in [0.2, 0.25) is 0 Å². The Kier molecular flexibility index (Phi) is 61.7. The quantitative estimate of drug-likeness (QED) is 0.0261. The van der Waals surface area contributed by atoms with Crippen LogP contribution in [0, 0.1) is 0 Å². The molecule has 0 aromatic rings. The molecule has 0 amide bonds. The Morgan fingerprint density at radius 3 is 0.827 bits per heavy atom. The fraction of sp³-hybridized carbons (Fsp3) is 0.841. The number of carbonyl (C=O) groups is 3. The third-order valence-corrected chi connectivity index (χ3v) is 14.8. The lowest BCUT2D eigenvalue weighted by atomic mass is 10.0. The maximum atomic E-state index is 12.9. The van der Waals surface area contributed by atoms with Crippen molar-refractivity contribution < 1.29 is 28.6 Å². The predicted octanol–water partition coefficient (Wildman–Crippen LogP) is 22.6. The molecule has 6 heteroatoms. The highest BCUT2D eigenvalue weighted by atomic mass is 16.6. The number of rotatable bonds is 61. The Labute approximate surface area is 467 Å². The Balaban J connectivity index is 4.27. The van der Waals surface area contributed by atoms with Gasteiger partial charge in [0.15, 0.2) is 6.10 Å². The van der Waals surface area contributed by atoms with Crippen LogP contribution in [0.3, 0.4) is 0 Å². The lowest BCUT2D eigenvalue weighted by Crippen LogP contribution is -2.30. The molecule has 438 valence electrons. The zero-order valence-corrected chi connectivity index (χ0v) is 50.3. The van der Waals surface area contributed by atoms with E-state index in [-0.39, 0.29) is 31.1 Å². The number of ether oxygens (including phenoxy) is 3. The van der Waals surface area contributed by atoms with E-state index in [1.165, 1.54) is 225 Å². The van der Waals surface area contributed by atoms with Gasteiger partial charge < -0.3 is 14.2 Å². The van der Waals surface area contributed by atoms with Crippen LogP contribution in [0.4, 0.5) is 0 Å². The van der Waals surface area contributed by atoms with Crippen molar-refractivity contribution in [3.8, 4) is 0 Å². The van der Waals surface area contributed by atoms with E-state index in [0.29, 0.717) is 19.3 Å². The highest BCUT2D eigenvalue weighted by Crippen LogP contribution is 2.18. The van der Waals surface area contributed by atoms with Crippen LogP contribution in [0.15, 0.2) is 48.6 Å². The Morgan fingerprint density at radius 2 is 0.520 bits per heavy atom. The molecule has 75 heavy (non-hydrogen) atoms. The molecule has 0 spiro atoms. The number of allylic oxidation sites excluding steroid dienone is 8. The van der Waals surface area contributed by atoms with Crippen molar-refractivity contribution in [2.24, 2.45) is 0 Å². The molecule has 0 bridgehead atoms. The molecule has 0 saturated heterocycles. The Bertz CT molecular complexity index is 1300. The van der Waals surface area contributed by atoms with E-state index in [0.717, 1.165) is 89.9 Å². The molecule has 0 heterocycles. The van der Waals surface area contributed by atoms with Crippen molar-refractivity contribution in [3.05, 3.63) is 48.6 Å². The molecule has 0 aliphatic rings. The number of hydrogen-bond donors (Lipinski definition) is 0. The van der Waals surface area contributed by atoms with Crippen molar-refractivity contribution in [3.63, 3.8) is 0 Å². The zero-order chi connectivity index (χ0) is 54.3. The van der Waals surface area contributed by atoms with E-state index < -0.39 is 6.10 Å². The molecule has 0 rings (SSSR count). The minimum absolute atomic E-state index is 0.0762. The van der Waals surface area contributed by atoms with Crippen LogP contribution < -0.4 is 0 Å². The predicted molar refractivity (Wildman–Crippen MR) is 325 cm³/mol. The van der Waals surface area contributed by atoms with Crippen LogP contribution >= 0.6 is 0 Å². The summed E-state index contributed by atoms with van der Waals surface area (Å²) in [5.41, 5.74) is 0. The third kappa shape index (κ3) is 62.1. The van der Waals surface area contributed by atoms with Gasteiger partial charge in [-0.05, 0) is 77.0 Å². The fourth-order valence-corrected chi connectivity index (χ4v) is 9.87. The van der Waals surface area contributed by atoms with Crippen molar-refractivity contribution in [1.82, 2.24) is 0 Å². The molecule has 0 N–H and O–H groups in total. The van der Waals surface area contributed by atoms with Gasteiger partial charge >= 0.3 is 17.9 Å². The van der Waals surface area contributed by atoms with E-state index in [1.807, 2.05) is 0 Å². The van der Waals surface area contributed by atoms with Gasteiger partial charge in [0.05, 0.1) is 0 Å². The maximum Gasteiger partial charge on any atom is 0.306 e. The monoisotopic (exact) mass is 1050 g/mol. The maximum absolute atomic E-state index is 12.9. The summed E-state index contributed by atoms with van der Waals surface area (Å²) in [4.78, 5) is 38.3. The highest BCUT2D eigenvalue weighted by molar-refractivity contribution is 5.71. The topological polar surface area (TPSA) is 78.9 Å². The summed E-state index contributed by atoms with van der Waals surface area (Å²) in [5.74, 6) is -0.873. The highest BCUT2D eigenvalue weighted by Gasteiger charge is 2.19. The molecule has 0 aromatic carbocycles. The van der Waals surface area contributed by atoms with Gasteiger partial charge in [-0.2, -0.15) is 0 Å². The summed E-state index contributed by atoms with van der Waals surface area (Å²) in [6.07, 6.45) is 79.9. The van der Waals surface area contributed by atoms with Gasteiger partial charge in [0.25, 0.3) is 0 Å². The van der Waals surface area contributed by atoms with Crippen LogP contribution in [-0.2, 0) is 28.6 Å². The van der Waals surface area contributed by atoms with E-state index >= 15 is 0 Å². The molecule has 0 radical (unpaired) electrons. The van der Waals surface area contributed by atoms with Crippen molar-refractivity contribution in [2.45, 2.75) is 361 Å². The van der Waals surface area contributed by atoms with Crippen LogP contribution in [0.2, 0.25) is 0 Å². The smallest absolute Gasteiger partial charge is 0.306 e. The third-order valence-electron chi connectivity index (χ3n) is 14.8. The van der Waals surface area contributed by atoms with Gasteiger partial charge in [-0.25, -0.2) is 0 Å². The molecule has 6 nitrogen and oxygen atoms in total. The van der Waals surface area contributed by atoms with E-state index in [1.54, 1.807) is 0 Å².